The minimum Gasteiger partial charge on any atom is -0.497 e. The van der Waals surface area contributed by atoms with Crippen LogP contribution in [0.15, 0.2) is 30.5 Å². The summed E-state index contributed by atoms with van der Waals surface area (Å²) >= 11 is 1.90. The van der Waals surface area contributed by atoms with Gasteiger partial charge in [-0.1, -0.05) is 0 Å². The SMILES string of the molecule is COc1ccc2c(ccn2CCCSC)c1. The Labute approximate surface area is 101 Å². The fraction of sp³-hybridized carbons (Fsp3) is 0.385. The van der Waals surface area contributed by atoms with E-state index in [0.29, 0.717) is 0 Å². The average Bonchev–Trinajstić information content (AvgIpc) is 2.72. The van der Waals surface area contributed by atoms with Gasteiger partial charge < -0.3 is 9.30 Å². The van der Waals surface area contributed by atoms with E-state index in [1.165, 1.54) is 23.1 Å². The van der Waals surface area contributed by atoms with Crippen molar-refractivity contribution >= 4 is 22.7 Å². The highest BCUT2D eigenvalue weighted by atomic mass is 32.2. The Kier molecular flexibility index (Phi) is 3.78. The number of aryl methyl sites for hydroxylation is 1. The van der Waals surface area contributed by atoms with E-state index in [1.54, 1.807) is 7.11 Å². The monoisotopic (exact) mass is 235 g/mol. The van der Waals surface area contributed by atoms with Crippen LogP contribution in [0.1, 0.15) is 6.42 Å². The summed E-state index contributed by atoms with van der Waals surface area (Å²) in [5.74, 6) is 2.14. The van der Waals surface area contributed by atoms with Crippen LogP contribution in [0.5, 0.6) is 5.75 Å². The molecular formula is C13H17NOS. The summed E-state index contributed by atoms with van der Waals surface area (Å²) in [6.45, 7) is 1.09. The molecule has 0 unspecified atom stereocenters. The van der Waals surface area contributed by atoms with Gasteiger partial charge in [0.1, 0.15) is 5.75 Å². The van der Waals surface area contributed by atoms with Gasteiger partial charge in [0.15, 0.2) is 0 Å². The summed E-state index contributed by atoms with van der Waals surface area (Å²) in [7, 11) is 1.70. The molecule has 0 saturated heterocycles. The molecule has 0 spiro atoms. The van der Waals surface area contributed by atoms with E-state index < -0.39 is 0 Å². The number of fused-ring (bicyclic) bond motifs is 1. The third-order valence-corrected chi connectivity index (χ3v) is 3.42. The summed E-state index contributed by atoms with van der Waals surface area (Å²) in [6, 6.07) is 8.39. The lowest BCUT2D eigenvalue weighted by molar-refractivity contribution is 0.415. The summed E-state index contributed by atoms with van der Waals surface area (Å²) in [4.78, 5) is 0. The number of hydrogen-bond donors (Lipinski definition) is 0. The Balaban J connectivity index is 2.20. The highest BCUT2D eigenvalue weighted by Crippen LogP contribution is 2.22. The van der Waals surface area contributed by atoms with Gasteiger partial charge in [0.25, 0.3) is 0 Å². The molecule has 1 heterocycles. The number of thioether (sulfide) groups is 1. The predicted molar refractivity (Wildman–Crippen MR) is 71.5 cm³/mol. The molecule has 86 valence electrons. The van der Waals surface area contributed by atoms with Crippen molar-refractivity contribution in [2.75, 3.05) is 19.1 Å². The molecule has 2 nitrogen and oxygen atoms in total. The van der Waals surface area contributed by atoms with Crippen LogP contribution < -0.4 is 4.74 Å². The van der Waals surface area contributed by atoms with Crippen LogP contribution in [0.4, 0.5) is 0 Å². The van der Waals surface area contributed by atoms with Gasteiger partial charge in [-0.3, -0.25) is 0 Å². The number of rotatable bonds is 5. The lowest BCUT2D eigenvalue weighted by atomic mass is 10.2. The maximum Gasteiger partial charge on any atom is 0.119 e. The van der Waals surface area contributed by atoms with Crippen LogP contribution in [-0.4, -0.2) is 23.7 Å². The van der Waals surface area contributed by atoms with Crippen LogP contribution in [0.2, 0.25) is 0 Å². The Morgan fingerprint density at radius 3 is 2.94 bits per heavy atom. The van der Waals surface area contributed by atoms with E-state index in [-0.39, 0.29) is 0 Å². The largest absolute Gasteiger partial charge is 0.497 e. The zero-order chi connectivity index (χ0) is 11.4. The Morgan fingerprint density at radius 2 is 2.19 bits per heavy atom. The molecule has 0 amide bonds. The molecule has 0 radical (unpaired) electrons. The molecule has 0 atom stereocenters. The van der Waals surface area contributed by atoms with Gasteiger partial charge in [0.2, 0.25) is 0 Å². The van der Waals surface area contributed by atoms with E-state index in [4.69, 9.17) is 4.74 Å². The Morgan fingerprint density at radius 1 is 1.31 bits per heavy atom. The molecule has 0 N–H and O–H groups in total. The van der Waals surface area contributed by atoms with Crippen molar-refractivity contribution in [3.63, 3.8) is 0 Å². The maximum absolute atomic E-state index is 5.22. The van der Waals surface area contributed by atoms with Crippen LogP contribution in [0, 0.1) is 0 Å². The van der Waals surface area contributed by atoms with Gasteiger partial charge in [-0.25, -0.2) is 0 Å². The number of benzene rings is 1. The lowest BCUT2D eigenvalue weighted by Gasteiger charge is -2.05. The number of nitrogens with zero attached hydrogens (tertiary/aromatic N) is 1. The second kappa shape index (κ2) is 5.30. The molecule has 2 aromatic rings. The second-order valence-corrected chi connectivity index (χ2v) is 4.77. The first-order valence-corrected chi connectivity index (χ1v) is 6.86. The first-order valence-electron chi connectivity index (χ1n) is 5.47. The second-order valence-electron chi connectivity index (χ2n) is 3.78. The number of ether oxygens (including phenoxy) is 1. The molecule has 0 bridgehead atoms. The number of methoxy groups -OCH3 is 1. The third-order valence-electron chi connectivity index (χ3n) is 2.73. The Bertz CT molecular complexity index is 464. The Hall–Kier alpha value is -1.09. The van der Waals surface area contributed by atoms with Crippen molar-refractivity contribution in [2.24, 2.45) is 0 Å². The van der Waals surface area contributed by atoms with Gasteiger partial charge in [0, 0.05) is 23.6 Å². The van der Waals surface area contributed by atoms with E-state index in [1.807, 2.05) is 17.8 Å². The number of hydrogen-bond acceptors (Lipinski definition) is 2. The van der Waals surface area contributed by atoms with Crippen LogP contribution in [0.25, 0.3) is 10.9 Å². The zero-order valence-corrected chi connectivity index (χ0v) is 10.6. The molecule has 16 heavy (non-hydrogen) atoms. The smallest absolute Gasteiger partial charge is 0.119 e. The summed E-state index contributed by atoms with van der Waals surface area (Å²) in [5, 5.41) is 1.25. The molecule has 0 aliphatic rings. The van der Waals surface area contributed by atoms with Crippen LogP contribution in [-0.2, 0) is 6.54 Å². The minimum absolute atomic E-state index is 0.925. The van der Waals surface area contributed by atoms with Gasteiger partial charge in [-0.2, -0.15) is 11.8 Å². The lowest BCUT2D eigenvalue weighted by Crippen LogP contribution is -1.96. The first-order chi connectivity index (χ1) is 7.85. The molecular weight excluding hydrogens is 218 g/mol. The zero-order valence-electron chi connectivity index (χ0n) is 9.77. The van der Waals surface area contributed by atoms with E-state index in [0.717, 1.165) is 12.3 Å². The van der Waals surface area contributed by atoms with E-state index >= 15 is 0 Å². The minimum atomic E-state index is 0.925. The highest BCUT2D eigenvalue weighted by molar-refractivity contribution is 7.98. The molecule has 0 saturated carbocycles. The predicted octanol–water partition coefficient (Wildman–Crippen LogP) is 3.40. The molecule has 0 fully saturated rings. The van der Waals surface area contributed by atoms with Crippen molar-refractivity contribution in [3.8, 4) is 5.75 Å². The average molecular weight is 235 g/mol. The molecule has 1 aromatic heterocycles. The highest BCUT2D eigenvalue weighted by Gasteiger charge is 2.01. The topological polar surface area (TPSA) is 14.2 Å². The summed E-state index contributed by atoms with van der Waals surface area (Å²) < 4.78 is 7.53. The van der Waals surface area contributed by atoms with Crippen molar-refractivity contribution < 1.29 is 4.74 Å². The standard InChI is InChI=1S/C13H17NOS/c1-15-12-4-5-13-11(10-12)6-8-14(13)7-3-9-16-2/h4-6,8,10H,3,7,9H2,1-2H3. The first kappa shape index (κ1) is 11.4. The third kappa shape index (κ3) is 2.35. The normalized spacial score (nSPS) is 10.9. The maximum atomic E-state index is 5.22. The van der Waals surface area contributed by atoms with E-state index in [9.17, 15) is 0 Å². The summed E-state index contributed by atoms with van der Waals surface area (Å²) in [6.07, 6.45) is 5.53. The van der Waals surface area contributed by atoms with Crippen LogP contribution in [0.3, 0.4) is 0 Å². The van der Waals surface area contributed by atoms with Crippen molar-refractivity contribution in [1.82, 2.24) is 4.57 Å². The van der Waals surface area contributed by atoms with Crippen molar-refractivity contribution in [1.29, 1.82) is 0 Å². The van der Waals surface area contributed by atoms with Gasteiger partial charge >= 0.3 is 0 Å². The fourth-order valence-electron chi connectivity index (χ4n) is 1.88. The van der Waals surface area contributed by atoms with Gasteiger partial charge in [-0.15, -0.1) is 0 Å². The number of aromatic nitrogens is 1. The molecule has 0 aliphatic carbocycles. The molecule has 3 heteroatoms. The molecule has 0 aliphatic heterocycles. The van der Waals surface area contributed by atoms with Crippen LogP contribution >= 0.6 is 11.8 Å². The quantitative estimate of drug-likeness (QED) is 0.737. The summed E-state index contributed by atoms with van der Waals surface area (Å²) in [5.41, 5.74) is 1.29. The van der Waals surface area contributed by atoms with Crippen molar-refractivity contribution in [3.05, 3.63) is 30.5 Å². The molecule has 2 rings (SSSR count). The van der Waals surface area contributed by atoms with Crippen molar-refractivity contribution in [2.45, 2.75) is 13.0 Å². The molecule has 1 aromatic carbocycles. The fourth-order valence-corrected chi connectivity index (χ4v) is 2.30. The van der Waals surface area contributed by atoms with Gasteiger partial charge in [-0.05, 0) is 42.7 Å². The van der Waals surface area contributed by atoms with Gasteiger partial charge in [0.05, 0.1) is 7.11 Å². The van der Waals surface area contributed by atoms with E-state index in [2.05, 4.69) is 35.2 Å².